The van der Waals surface area contributed by atoms with E-state index in [9.17, 15) is 4.79 Å². The van der Waals surface area contributed by atoms with Gasteiger partial charge in [-0.3, -0.25) is 9.69 Å². The van der Waals surface area contributed by atoms with E-state index in [2.05, 4.69) is 6.92 Å². The Morgan fingerprint density at radius 2 is 2.40 bits per heavy atom. The van der Waals surface area contributed by atoms with Crippen LogP contribution in [0.2, 0.25) is 0 Å². The van der Waals surface area contributed by atoms with Crippen molar-refractivity contribution in [2.75, 3.05) is 26.7 Å². The Kier molecular flexibility index (Phi) is 4.50. The number of hydrogen-bond acceptors (Lipinski definition) is 4. The molecule has 0 amide bonds. The number of aliphatic carboxylic acids is 1. The van der Waals surface area contributed by atoms with Gasteiger partial charge in [0.2, 0.25) is 0 Å². The van der Waals surface area contributed by atoms with E-state index in [0.29, 0.717) is 12.5 Å². The maximum Gasteiger partial charge on any atom is 0.322 e. The standard InChI is InChI=1S/C10H20N2O3/c1-7-3-4-12(6-9(7)15-2)8(5-11)10(13)14/h7-9H,3-6,11H2,1-2H3,(H,13,14). The minimum atomic E-state index is -0.845. The van der Waals surface area contributed by atoms with Gasteiger partial charge in [-0.2, -0.15) is 0 Å². The molecule has 0 bridgehead atoms. The van der Waals surface area contributed by atoms with Gasteiger partial charge in [0.1, 0.15) is 6.04 Å². The Morgan fingerprint density at radius 3 is 2.87 bits per heavy atom. The first kappa shape index (κ1) is 12.4. The third-order valence-electron chi connectivity index (χ3n) is 3.17. The molecule has 88 valence electrons. The smallest absolute Gasteiger partial charge is 0.322 e. The van der Waals surface area contributed by atoms with Crippen molar-refractivity contribution >= 4 is 5.97 Å². The van der Waals surface area contributed by atoms with Gasteiger partial charge in [-0.1, -0.05) is 6.92 Å². The lowest BCUT2D eigenvalue weighted by Gasteiger charge is -2.38. The third kappa shape index (κ3) is 2.90. The fourth-order valence-electron chi connectivity index (χ4n) is 2.05. The maximum atomic E-state index is 10.9. The predicted octanol–water partition coefficient (Wildman–Crippen LogP) is -0.245. The van der Waals surface area contributed by atoms with Crippen LogP contribution < -0.4 is 5.73 Å². The summed E-state index contributed by atoms with van der Waals surface area (Å²) in [7, 11) is 1.67. The van der Waals surface area contributed by atoms with Crippen molar-refractivity contribution in [1.29, 1.82) is 0 Å². The van der Waals surface area contributed by atoms with Crippen LogP contribution in [0.15, 0.2) is 0 Å². The molecule has 5 heteroatoms. The van der Waals surface area contributed by atoms with Gasteiger partial charge in [-0.25, -0.2) is 0 Å². The van der Waals surface area contributed by atoms with E-state index in [4.69, 9.17) is 15.6 Å². The van der Waals surface area contributed by atoms with Gasteiger partial charge < -0.3 is 15.6 Å². The van der Waals surface area contributed by atoms with Crippen LogP contribution >= 0.6 is 0 Å². The van der Waals surface area contributed by atoms with Gasteiger partial charge in [0.05, 0.1) is 6.10 Å². The van der Waals surface area contributed by atoms with Crippen molar-refractivity contribution in [3.05, 3.63) is 0 Å². The summed E-state index contributed by atoms with van der Waals surface area (Å²) < 4.78 is 5.33. The van der Waals surface area contributed by atoms with E-state index in [0.717, 1.165) is 13.0 Å². The quantitative estimate of drug-likeness (QED) is 0.678. The Balaban J connectivity index is 2.60. The van der Waals surface area contributed by atoms with Crippen molar-refractivity contribution < 1.29 is 14.6 Å². The van der Waals surface area contributed by atoms with Gasteiger partial charge in [-0.15, -0.1) is 0 Å². The van der Waals surface area contributed by atoms with Crippen LogP contribution in [0.3, 0.4) is 0 Å². The second kappa shape index (κ2) is 5.44. The number of rotatable bonds is 4. The zero-order valence-corrected chi connectivity index (χ0v) is 9.35. The molecule has 1 rings (SSSR count). The number of ether oxygens (including phenoxy) is 1. The molecule has 1 saturated heterocycles. The molecule has 3 unspecified atom stereocenters. The summed E-state index contributed by atoms with van der Waals surface area (Å²) in [5.74, 6) is -0.361. The number of hydrogen-bond donors (Lipinski definition) is 2. The second-order valence-corrected chi connectivity index (χ2v) is 4.12. The van der Waals surface area contributed by atoms with Gasteiger partial charge in [0.25, 0.3) is 0 Å². The number of carboxylic acid groups (broad SMARTS) is 1. The molecule has 0 aliphatic carbocycles. The van der Waals surface area contributed by atoms with Gasteiger partial charge >= 0.3 is 5.97 Å². The van der Waals surface area contributed by atoms with Crippen LogP contribution in [0.1, 0.15) is 13.3 Å². The highest BCUT2D eigenvalue weighted by molar-refractivity contribution is 5.73. The van der Waals surface area contributed by atoms with Crippen LogP contribution in [0.4, 0.5) is 0 Å². The molecule has 0 aromatic carbocycles. The summed E-state index contributed by atoms with van der Waals surface area (Å²) in [6.45, 7) is 3.73. The van der Waals surface area contributed by atoms with E-state index in [1.165, 1.54) is 0 Å². The average molecular weight is 216 g/mol. The largest absolute Gasteiger partial charge is 0.480 e. The number of carbonyl (C=O) groups is 1. The molecule has 15 heavy (non-hydrogen) atoms. The number of nitrogens with two attached hydrogens (primary N) is 1. The zero-order chi connectivity index (χ0) is 11.4. The minimum Gasteiger partial charge on any atom is -0.480 e. The van der Waals surface area contributed by atoms with Crippen molar-refractivity contribution in [3.8, 4) is 0 Å². The van der Waals surface area contributed by atoms with Gasteiger partial charge in [-0.05, 0) is 18.9 Å². The highest BCUT2D eigenvalue weighted by Crippen LogP contribution is 2.20. The van der Waals surface area contributed by atoms with Crippen molar-refractivity contribution in [3.63, 3.8) is 0 Å². The minimum absolute atomic E-state index is 0.118. The number of methoxy groups -OCH3 is 1. The topological polar surface area (TPSA) is 75.8 Å². The molecule has 0 saturated carbocycles. The van der Waals surface area contributed by atoms with Gasteiger partial charge in [0.15, 0.2) is 0 Å². The Labute approximate surface area is 90.2 Å². The molecule has 0 spiro atoms. The zero-order valence-electron chi connectivity index (χ0n) is 9.35. The SMILES string of the molecule is COC1CN(C(CN)C(=O)O)CCC1C. The summed E-state index contributed by atoms with van der Waals surface area (Å²) >= 11 is 0. The first-order valence-corrected chi connectivity index (χ1v) is 5.29. The highest BCUT2D eigenvalue weighted by Gasteiger charge is 2.32. The molecule has 0 aromatic rings. The third-order valence-corrected chi connectivity index (χ3v) is 3.17. The van der Waals surface area contributed by atoms with Crippen LogP contribution in [0.5, 0.6) is 0 Å². The van der Waals surface area contributed by atoms with Crippen LogP contribution in [0.25, 0.3) is 0 Å². The maximum absolute atomic E-state index is 10.9. The first-order chi connectivity index (χ1) is 7.10. The molecule has 0 radical (unpaired) electrons. The molecular weight excluding hydrogens is 196 g/mol. The fourth-order valence-corrected chi connectivity index (χ4v) is 2.05. The number of carboxylic acids is 1. The molecular formula is C10H20N2O3. The number of nitrogens with zero attached hydrogens (tertiary/aromatic N) is 1. The fraction of sp³-hybridized carbons (Fsp3) is 0.900. The molecule has 1 aliphatic rings. The summed E-state index contributed by atoms with van der Waals surface area (Å²) in [6, 6.07) is -0.574. The van der Waals surface area contributed by atoms with Crippen molar-refractivity contribution in [2.24, 2.45) is 11.7 Å². The van der Waals surface area contributed by atoms with Crippen LogP contribution in [-0.2, 0) is 9.53 Å². The Morgan fingerprint density at radius 1 is 1.73 bits per heavy atom. The monoisotopic (exact) mass is 216 g/mol. The van der Waals surface area contributed by atoms with E-state index in [1.54, 1.807) is 7.11 Å². The summed E-state index contributed by atoms with van der Waals surface area (Å²) in [5, 5.41) is 8.99. The highest BCUT2D eigenvalue weighted by atomic mass is 16.5. The number of likely N-dealkylation sites (tertiary alicyclic amines) is 1. The lowest BCUT2D eigenvalue weighted by atomic mass is 9.94. The lowest BCUT2D eigenvalue weighted by molar-refractivity contribution is -0.145. The Hall–Kier alpha value is -0.650. The van der Waals surface area contributed by atoms with Gasteiger partial charge in [0, 0.05) is 20.2 Å². The van der Waals surface area contributed by atoms with Crippen molar-refractivity contribution in [2.45, 2.75) is 25.5 Å². The van der Waals surface area contributed by atoms with E-state index >= 15 is 0 Å². The first-order valence-electron chi connectivity index (χ1n) is 5.29. The van der Waals surface area contributed by atoms with Crippen LogP contribution in [0, 0.1) is 5.92 Å². The summed E-state index contributed by atoms with van der Waals surface area (Å²) in [5.41, 5.74) is 5.46. The average Bonchev–Trinajstić information content (AvgIpc) is 2.21. The van der Waals surface area contributed by atoms with Crippen molar-refractivity contribution in [1.82, 2.24) is 4.90 Å². The normalized spacial score (nSPS) is 30.1. The Bertz CT molecular complexity index is 223. The van der Waals surface area contributed by atoms with E-state index in [1.807, 2.05) is 4.90 Å². The molecule has 3 atom stereocenters. The molecule has 3 N–H and O–H groups in total. The molecule has 1 heterocycles. The predicted molar refractivity (Wildman–Crippen MR) is 56.6 cm³/mol. The molecule has 5 nitrogen and oxygen atoms in total. The van der Waals surface area contributed by atoms with E-state index in [-0.39, 0.29) is 12.6 Å². The number of piperidine rings is 1. The molecule has 0 aromatic heterocycles. The molecule has 1 aliphatic heterocycles. The summed E-state index contributed by atoms with van der Waals surface area (Å²) in [6.07, 6.45) is 1.08. The van der Waals surface area contributed by atoms with Crippen LogP contribution in [-0.4, -0.2) is 54.9 Å². The second-order valence-electron chi connectivity index (χ2n) is 4.12. The summed E-state index contributed by atoms with van der Waals surface area (Å²) in [4.78, 5) is 12.8. The lowest BCUT2D eigenvalue weighted by Crippen LogP contribution is -2.53. The molecule has 1 fully saturated rings. The van der Waals surface area contributed by atoms with E-state index < -0.39 is 12.0 Å².